The topological polar surface area (TPSA) is 33.0 Å². The number of nitrogens with zero attached hydrogens (tertiary/aromatic N) is 1. The first-order chi connectivity index (χ1) is 6.42. The lowest BCUT2D eigenvalue weighted by molar-refractivity contribution is 0.386. The van der Waals surface area contributed by atoms with E-state index in [0.717, 1.165) is 12.1 Å². The summed E-state index contributed by atoms with van der Waals surface area (Å²) in [5.41, 5.74) is 0.144. The summed E-state index contributed by atoms with van der Waals surface area (Å²) in [5, 5.41) is 8.48. The van der Waals surface area contributed by atoms with Crippen molar-refractivity contribution in [1.29, 1.82) is 5.26 Å². The summed E-state index contributed by atoms with van der Waals surface area (Å²) in [6, 6.07) is 5.02. The van der Waals surface area contributed by atoms with Gasteiger partial charge in [0, 0.05) is 6.07 Å². The number of hydrogen-bond acceptors (Lipinski definition) is 2. The van der Waals surface area contributed by atoms with Crippen LogP contribution in [0.2, 0.25) is 0 Å². The molecule has 2 nitrogen and oxygen atoms in total. The maximum Gasteiger partial charge on any atom is 0.165 e. The first-order valence-electron chi connectivity index (χ1n) is 4.31. The molecule has 0 aliphatic heterocycles. The fraction of sp³-hybridized carbons (Fsp3) is 0.125. The molecular weight excluding hydrogens is 145 g/mol. The van der Waals surface area contributed by atoms with E-state index in [1.807, 2.05) is 0 Å². The van der Waals surface area contributed by atoms with Crippen LogP contribution in [0.15, 0.2) is 18.2 Å². The Morgan fingerprint density at radius 2 is 2.55 bits per heavy atom. The Balaban J connectivity index is 3.03. The van der Waals surface area contributed by atoms with Crippen LogP contribution in [0.4, 0.5) is 4.39 Å². The van der Waals surface area contributed by atoms with E-state index >= 15 is 0 Å². The lowest BCUT2D eigenvalue weighted by atomic mass is 10.2. The molecule has 0 fully saturated rings. The number of nitriles is 1. The van der Waals surface area contributed by atoms with Crippen LogP contribution in [0.5, 0.6) is 5.75 Å². The third kappa shape index (κ3) is 1.47. The molecule has 0 heterocycles. The number of hydrogen-bond donors (Lipinski definition) is 0. The van der Waals surface area contributed by atoms with Crippen molar-refractivity contribution in [2.45, 2.75) is 0 Å². The lowest BCUT2D eigenvalue weighted by Crippen LogP contribution is -1.88. The fourth-order valence-corrected chi connectivity index (χ4v) is 0.651. The number of benzene rings is 1. The van der Waals surface area contributed by atoms with E-state index in [-0.39, 0.29) is 5.56 Å². The predicted octanol–water partition coefficient (Wildman–Crippen LogP) is 1.71. The summed E-state index contributed by atoms with van der Waals surface area (Å²) in [5.74, 6) is -1.25. The first-order valence-corrected chi connectivity index (χ1v) is 2.81. The molecule has 0 bridgehead atoms. The number of halogens is 1. The third-order valence-corrected chi connectivity index (χ3v) is 1.17. The maximum atomic E-state index is 13.0. The molecule has 56 valence electrons. The molecule has 1 rings (SSSR count). The molecule has 0 saturated heterocycles. The fourth-order valence-electron chi connectivity index (χ4n) is 0.651. The Kier molecular flexibility index (Phi) is 1.19. The molecule has 0 radical (unpaired) electrons. The normalized spacial score (nSPS) is 14.0. The average Bonchev–Trinajstić information content (AvgIpc) is 2.06. The van der Waals surface area contributed by atoms with E-state index in [2.05, 4.69) is 4.74 Å². The zero-order valence-corrected chi connectivity index (χ0v) is 5.47. The van der Waals surface area contributed by atoms with Gasteiger partial charge in [0.15, 0.2) is 11.6 Å². The minimum atomic E-state index is -2.71. The quantitative estimate of drug-likeness (QED) is 0.616. The van der Waals surface area contributed by atoms with E-state index in [0.29, 0.717) is 0 Å². The zero-order valence-electron chi connectivity index (χ0n) is 8.47. The van der Waals surface area contributed by atoms with Crippen molar-refractivity contribution in [3.05, 3.63) is 29.6 Å². The summed E-state index contributed by atoms with van der Waals surface area (Å²) in [4.78, 5) is 0. The Morgan fingerprint density at radius 3 is 3.18 bits per heavy atom. The van der Waals surface area contributed by atoms with Gasteiger partial charge in [-0.3, -0.25) is 0 Å². The number of methoxy groups -OCH3 is 1. The van der Waals surface area contributed by atoms with E-state index < -0.39 is 18.6 Å². The number of ether oxygens (including phenoxy) is 1. The van der Waals surface area contributed by atoms with Crippen molar-refractivity contribution in [3.8, 4) is 11.8 Å². The molecule has 0 amide bonds. The van der Waals surface area contributed by atoms with Crippen LogP contribution >= 0.6 is 0 Å². The van der Waals surface area contributed by atoms with Gasteiger partial charge in [0.05, 0.1) is 22.8 Å². The van der Waals surface area contributed by atoms with Crippen molar-refractivity contribution < 1.29 is 13.2 Å². The van der Waals surface area contributed by atoms with Crippen molar-refractivity contribution in [2.24, 2.45) is 0 Å². The smallest absolute Gasteiger partial charge is 0.165 e. The highest BCUT2D eigenvalue weighted by Gasteiger charge is 2.01. The molecule has 0 aliphatic rings. The SMILES string of the molecule is [2H]C([2H])([2H])Oc1cc(C#N)ccc1F. The third-order valence-electron chi connectivity index (χ3n) is 1.17. The van der Waals surface area contributed by atoms with Crippen LogP contribution in [-0.4, -0.2) is 7.04 Å². The molecule has 0 aromatic heterocycles. The predicted molar refractivity (Wildman–Crippen MR) is 37.7 cm³/mol. The van der Waals surface area contributed by atoms with Crippen molar-refractivity contribution in [2.75, 3.05) is 7.04 Å². The summed E-state index contributed by atoms with van der Waals surface area (Å²) < 4.78 is 37.6. The van der Waals surface area contributed by atoms with Gasteiger partial charge in [-0.05, 0) is 12.1 Å². The van der Waals surface area contributed by atoms with Crippen LogP contribution in [0.1, 0.15) is 9.68 Å². The highest BCUT2D eigenvalue weighted by molar-refractivity contribution is 5.37. The van der Waals surface area contributed by atoms with E-state index in [1.165, 1.54) is 6.07 Å². The van der Waals surface area contributed by atoms with Crippen LogP contribution in [0.3, 0.4) is 0 Å². The molecule has 0 unspecified atom stereocenters. The molecule has 0 spiro atoms. The molecule has 0 atom stereocenters. The lowest BCUT2D eigenvalue weighted by Gasteiger charge is -1.99. The molecule has 1 aromatic carbocycles. The molecular formula is C8H6FNO. The summed E-state index contributed by atoms with van der Waals surface area (Å²) >= 11 is 0. The van der Waals surface area contributed by atoms with Gasteiger partial charge in [0.25, 0.3) is 0 Å². The van der Waals surface area contributed by atoms with Gasteiger partial charge in [-0.15, -0.1) is 0 Å². The zero-order chi connectivity index (χ0) is 10.8. The minimum Gasteiger partial charge on any atom is -0.494 e. The van der Waals surface area contributed by atoms with E-state index in [9.17, 15) is 4.39 Å². The Bertz CT molecular complexity index is 383. The second kappa shape index (κ2) is 3.02. The van der Waals surface area contributed by atoms with E-state index in [1.54, 1.807) is 6.07 Å². The van der Waals surface area contributed by atoms with Crippen molar-refractivity contribution >= 4 is 0 Å². The maximum absolute atomic E-state index is 13.0. The highest BCUT2D eigenvalue weighted by Crippen LogP contribution is 2.17. The van der Waals surface area contributed by atoms with Crippen LogP contribution < -0.4 is 4.74 Å². The standard InChI is InChI=1S/C8H6FNO/c1-11-8-4-6(5-10)2-3-7(8)9/h2-4H,1H3/i1D3. The van der Waals surface area contributed by atoms with Gasteiger partial charge in [0.1, 0.15) is 0 Å². The minimum absolute atomic E-state index is 0.144. The monoisotopic (exact) mass is 154 g/mol. The van der Waals surface area contributed by atoms with Gasteiger partial charge >= 0.3 is 0 Å². The average molecular weight is 154 g/mol. The van der Waals surface area contributed by atoms with Gasteiger partial charge in [-0.25, -0.2) is 4.39 Å². The van der Waals surface area contributed by atoms with Gasteiger partial charge in [-0.2, -0.15) is 5.26 Å². The van der Waals surface area contributed by atoms with Gasteiger partial charge in [0.2, 0.25) is 0 Å². The van der Waals surface area contributed by atoms with Crippen LogP contribution in [0, 0.1) is 17.1 Å². The summed E-state index contributed by atoms with van der Waals surface area (Å²) in [6.07, 6.45) is 0. The van der Waals surface area contributed by atoms with Crippen molar-refractivity contribution in [1.82, 2.24) is 0 Å². The van der Waals surface area contributed by atoms with Crippen LogP contribution in [0.25, 0.3) is 0 Å². The molecule has 11 heavy (non-hydrogen) atoms. The Hall–Kier alpha value is -1.56. The highest BCUT2D eigenvalue weighted by atomic mass is 19.1. The molecule has 0 saturated carbocycles. The summed E-state index contributed by atoms with van der Waals surface area (Å²) in [6.45, 7) is 0. The molecule has 0 N–H and O–H groups in total. The largest absolute Gasteiger partial charge is 0.494 e. The second-order valence-electron chi connectivity index (χ2n) is 1.86. The summed E-state index contributed by atoms with van der Waals surface area (Å²) in [7, 11) is -2.71. The Morgan fingerprint density at radius 1 is 1.73 bits per heavy atom. The Labute approximate surface area is 68.0 Å². The van der Waals surface area contributed by atoms with Crippen LogP contribution in [-0.2, 0) is 0 Å². The van der Waals surface area contributed by atoms with E-state index in [4.69, 9.17) is 9.37 Å². The number of rotatable bonds is 1. The molecule has 1 aromatic rings. The molecule has 0 aliphatic carbocycles. The van der Waals surface area contributed by atoms with Gasteiger partial charge < -0.3 is 4.74 Å². The molecule has 3 heteroatoms. The van der Waals surface area contributed by atoms with Crippen molar-refractivity contribution in [3.63, 3.8) is 0 Å². The second-order valence-corrected chi connectivity index (χ2v) is 1.86. The first kappa shape index (κ1) is 4.35. The van der Waals surface area contributed by atoms with Gasteiger partial charge in [-0.1, -0.05) is 0 Å².